The molecule has 1 amide bonds. The van der Waals surface area contributed by atoms with Gasteiger partial charge in [0.1, 0.15) is 0 Å². The van der Waals surface area contributed by atoms with Crippen molar-refractivity contribution < 1.29 is 4.79 Å². The Morgan fingerprint density at radius 3 is 2.39 bits per heavy atom. The SMILES string of the molecule is CN(CCN1CCN(C(=O)CCc2ccccc2N)CC1)Cc1ccccc1. The molecule has 1 saturated heterocycles. The number of rotatable bonds is 8. The number of amides is 1. The van der Waals surface area contributed by atoms with E-state index in [1.807, 2.05) is 29.2 Å². The summed E-state index contributed by atoms with van der Waals surface area (Å²) in [5, 5.41) is 0. The van der Waals surface area contributed by atoms with Crippen LogP contribution in [0.4, 0.5) is 5.69 Å². The summed E-state index contributed by atoms with van der Waals surface area (Å²) in [6.45, 7) is 6.62. The minimum atomic E-state index is 0.240. The lowest BCUT2D eigenvalue weighted by molar-refractivity contribution is -0.132. The lowest BCUT2D eigenvalue weighted by Crippen LogP contribution is -2.50. The molecule has 0 aromatic heterocycles. The van der Waals surface area contributed by atoms with E-state index in [0.717, 1.165) is 63.5 Å². The standard InChI is InChI=1S/C23H32N4O/c1-25(19-20-7-3-2-4-8-20)13-14-26-15-17-27(18-16-26)23(28)12-11-21-9-5-6-10-22(21)24/h2-10H,11-19,24H2,1H3. The highest BCUT2D eigenvalue weighted by molar-refractivity contribution is 5.76. The molecule has 1 aliphatic rings. The van der Waals surface area contributed by atoms with Crippen molar-refractivity contribution in [2.45, 2.75) is 19.4 Å². The predicted molar refractivity (Wildman–Crippen MR) is 115 cm³/mol. The van der Waals surface area contributed by atoms with Crippen molar-refractivity contribution in [3.05, 3.63) is 65.7 Å². The van der Waals surface area contributed by atoms with Crippen molar-refractivity contribution in [2.24, 2.45) is 0 Å². The smallest absolute Gasteiger partial charge is 0.222 e. The van der Waals surface area contributed by atoms with Crippen LogP contribution in [0.5, 0.6) is 0 Å². The molecule has 0 atom stereocenters. The van der Waals surface area contributed by atoms with E-state index in [-0.39, 0.29) is 5.91 Å². The van der Waals surface area contributed by atoms with Gasteiger partial charge in [0, 0.05) is 57.9 Å². The van der Waals surface area contributed by atoms with Gasteiger partial charge in [-0.3, -0.25) is 9.69 Å². The number of likely N-dealkylation sites (N-methyl/N-ethyl adjacent to an activating group) is 1. The molecule has 0 saturated carbocycles. The van der Waals surface area contributed by atoms with Gasteiger partial charge in [-0.25, -0.2) is 0 Å². The van der Waals surface area contributed by atoms with Gasteiger partial charge in [-0.2, -0.15) is 0 Å². The molecule has 0 radical (unpaired) electrons. The van der Waals surface area contributed by atoms with E-state index in [1.54, 1.807) is 0 Å². The summed E-state index contributed by atoms with van der Waals surface area (Å²) in [5.41, 5.74) is 9.16. The Morgan fingerprint density at radius 1 is 1.00 bits per heavy atom. The molecule has 0 unspecified atom stereocenters. The third-order valence-corrected chi connectivity index (χ3v) is 5.48. The van der Waals surface area contributed by atoms with Crippen LogP contribution in [0.2, 0.25) is 0 Å². The minimum Gasteiger partial charge on any atom is -0.399 e. The molecule has 28 heavy (non-hydrogen) atoms. The molecular formula is C23H32N4O. The second kappa shape index (κ2) is 10.2. The zero-order valence-electron chi connectivity index (χ0n) is 16.9. The highest BCUT2D eigenvalue weighted by Crippen LogP contribution is 2.14. The van der Waals surface area contributed by atoms with E-state index in [1.165, 1.54) is 5.56 Å². The third-order valence-electron chi connectivity index (χ3n) is 5.48. The fourth-order valence-corrected chi connectivity index (χ4v) is 3.67. The van der Waals surface area contributed by atoms with E-state index < -0.39 is 0 Å². The molecule has 0 bridgehead atoms. The van der Waals surface area contributed by atoms with Crippen molar-refractivity contribution in [1.82, 2.24) is 14.7 Å². The van der Waals surface area contributed by atoms with Gasteiger partial charge in [0.05, 0.1) is 0 Å². The summed E-state index contributed by atoms with van der Waals surface area (Å²) in [6.07, 6.45) is 1.25. The summed E-state index contributed by atoms with van der Waals surface area (Å²) in [7, 11) is 2.17. The molecule has 150 valence electrons. The third kappa shape index (κ3) is 6.08. The largest absolute Gasteiger partial charge is 0.399 e. The fraction of sp³-hybridized carbons (Fsp3) is 0.435. The number of aryl methyl sites for hydroxylation is 1. The number of para-hydroxylation sites is 1. The van der Waals surface area contributed by atoms with Crippen LogP contribution in [0.3, 0.4) is 0 Å². The van der Waals surface area contributed by atoms with Crippen LogP contribution in [0.1, 0.15) is 17.5 Å². The first-order valence-corrected chi connectivity index (χ1v) is 10.2. The number of carbonyl (C=O) groups excluding carboxylic acids is 1. The maximum absolute atomic E-state index is 12.5. The van der Waals surface area contributed by atoms with Gasteiger partial charge in [-0.15, -0.1) is 0 Å². The first-order chi connectivity index (χ1) is 13.6. The number of nitrogen functional groups attached to an aromatic ring is 1. The van der Waals surface area contributed by atoms with Crippen molar-refractivity contribution in [2.75, 3.05) is 52.0 Å². The number of hydrogen-bond donors (Lipinski definition) is 1. The Labute approximate surface area is 168 Å². The molecule has 2 aromatic rings. The predicted octanol–water partition coefficient (Wildman–Crippen LogP) is 2.48. The Hall–Kier alpha value is -2.37. The molecule has 1 fully saturated rings. The number of anilines is 1. The molecule has 1 heterocycles. The van der Waals surface area contributed by atoms with Crippen LogP contribution in [-0.4, -0.2) is 66.9 Å². The zero-order chi connectivity index (χ0) is 19.8. The second-order valence-corrected chi connectivity index (χ2v) is 7.64. The van der Waals surface area contributed by atoms with E-state index in [2.05, 4.69) is 47.2 Å². The molecule has 5 nitrogen and oxygen atoms in total. The number of nitrogens with zero attached hydrogens (tertiary/aromatic N) is 3. The first-order valence-electron chi connectivity index (χ1n) is 10.2. The Kier molecular flexibility index (Phi) is 7.46. The topological polar surface area (TPSA) is 52.8 Å². The number of carbonyl (C=O) groups is 1. The van der Waals surface area contributed by atoms with E-state index in [4.69, 9.17) is 5.73 Å². The lowest BCUT2D eigenvalue weighted by Gasteiger charge is -2.35. The molecule has 0 aliphatic carbocycles. The van der Waals surface area contributed by atoms with Gasteiger partial charge >= 0.3 is 0 Å². The summed E-state index contributed by atoms with van der Waals surface area (Å²) in [5.74, 6) is 0.240. The lowest BCUT2D eigenvalue weighted by atomic mass is 10.1. The zero-order valence-corrected chi connectivity index (χ0v) is 16.9. The molecular weight excluding hydrogens is 348 g/mol. The van der Waals surface area contributed by atoms with Crippen LogP contribution in [0.25, 0.3) is 0 Å². The number of hydrogen-bond acceptors (Lipinski definition) is 4. The van der Waals surface area contributed by atoms with Gasteiger partial charge in [-0.1, -0.05) is 48.5 Å². The maximum atomic E-state index is 12.5. The van der Waals surface area contributed by atoms with Crippen LogP contribution in [0.15, 0.2) is 54.6 Å². The van der Waals surface area contributed by atoms with Gasteiger partial charge in [0.2, 0.25) is 5.91 Å². The summed E-state index contributed by atoms with van der Waals surface area (Å²) >= 11 is 0. The Morgan fingerprint density at radius 2 is 1.68 bits per heavy atom. The molecule has 1 aliphatic heterocycles. The molecule has 0 spiro atoms. The first kappa shape index (κ1) is 20.4. The number of piperazine rings is 1. The molecule has 2 aromatic carbocycles. The highest BCUT2D eigenvalue weighted by Gasteiger charge is 2.21. The molecule has 5 heteroatoms. The van der Waals surface area contributed by atoms with Crippen LogP contribution >= 0.6 is 0 Å². The summed E-state index contributed by atoms with van der Waals surface area (Å²) < 4.78 is 0. The van der Waals surface area contributed by atoms with Gasteiger partial charge in [0.25, 0.3) is 0 Å². The highest BCUT2D eigenvalue weighted by atomic mass is 16.2. The van der Waals surface area contributed by atoms with Gasteiger partial charge in [0.15, 0.2) is 0 Å². The molecule has 3 rings (SSSR count). The van der Waals surface area contributed by atoms with E-state index in [0.29, 0.717) is 6.42 Å². The van der Waals surface area contributed by atoms with Crippen LogP contribution in [0, 0.1) is 0 Å². The summed E-state index contributed by atoms with van der Waals surface area (Å²) in [6, 6.07) is 18.4. The molecule has 2 N–H and O–H groups in total. The maximum Gasteiger partial charge on any atom is 0.222 e. The summed E-state index contributed by atoms with van der Waals surface area (Å²) in [4.78, 5) is 19.3. The van der Waals surface area contributed by atoms with E-state index in [9.17, 15) is 4.79 Å². The van der Waals surface area contributed by atoms with Crippen molar-refractivity contribution >= 4 is 11.6 Å². The van der Waals surface area contributed by atoms with Crippen molar-refractivity contribution in [3.8, 4) is 0 Å². The number of benzene rings is 2. The normalized spacial score (nSPS) is 15.1. The van der Waals surface area contributed by atoms with Crippen LogP contribution < -0.4 is 5.73 Å². The Balaban J connectivity index is 1.34. The number of nitrogens with two attached hydrogens (primary N) is 1. The average Bonchev–Trinajstić information content (AvgIpc) is 2.72. The van der Waals surface area contributed by atoms with E-state index >= 15 is 0 Å². The minimum absolute atomic E-state index is 0.240. The van der Waals surface area contributed by atoms with Gasteiger partial charge < -0.3 is 15.5 Å². The van der Waals surface area contributed by atoms with Crippen molar-refractivity contribution in [1.29, 1.82) is 0 Å². The Bertz CT molecular complexity index is 741. The van der Waals surface area contributed by atoms with Gasteiger partial charge in [-0.05, 0) is 30.7 Å². The fourth-order valence-electron chi connectivity index (χ4n) is 3.67. The average molecular weight is 381 g/mol. The second-order valence-electron chi connectivity index (χ2n) is 7.64. The monoisotopic (exact) mass is 380 g/mol. The van der Waals surface area contributed by atoms with Crippen molar-refractivity contribution in [3.63, 3.8) is 0 Å². The quantitative estimate of drug-likeness (QED) is 0.715. The van der Waals surface area contributed by atoms with Crippen LogP contribution in [-0.2, 0) is 17.8 Å².